The van der Waals surface area contributed by atoms with Gasteiger partial charge in [-0.15, -0.1) is 0 Å². The van der Waals surface area contributed by atoms with Crippen molar-refractivity contribution in [1.82, 2.24) is 14.5 Å². The number of halogens is 1. The summed E-state index contributed by atoms with van der Waals surface area (Å²) in [6, 6.07) is 12.2. The molecule has 5 rings (SSSR count). The van der Waals surface area contributed by atoms with Gasteiger partial charge in [0.2, 0.25) is 0 Å². The second-order valence-electron chi connectivity index (χ2n) is 8.37. The van der Waals surface area contributed by atoms with Crippen LogP contribution in [0.4, 0.5) is 15.9 Å². The van der Waals surface area contributed by atoms with Crippen LogP contribution < -0.4 is 11.5 Å². The third-order valence-electron chi connectivity index (χ3n) is 6.41. The summed E-state index contributed by atoms with van der Waals surface area (Å²) in [5, 5.41) is 22.9. The zero-order valence-corrected chi connectivity index (χ0v) is 16.8. The summed E-state index contributed by atoms with van der Waals surface area (Å²) in [4.78, 5) is 8.65. The molecule has 0 spiro atoms. The van der Waals surface area contributed by atoms with Crippen molar-refractivity contribution < 1.29 is 14.6 Å². The Morgan fingerprint density at radius 3 is 2.77 bits per heavy atom. The van der Waals surface area contributed by atoms with E-state index in [1.165, 1.54) is 0 Å². The highest BCUT2D eigenvalue weighted by molar-refractivity contribution is 5.88. The van der Waals surface area contributed by atoms with Gasteiger partial charge in [0, 0.05) is 35.3 Å². The molecule has 0 unspecified atom stereocenters. The van der Waals surface area contributed by atoms with E-state index in [1.807, 2.05) is 24.3 Å². The number of nitrogens with two attached hydrogens (primary N) is 2. The number of alkyl halides is 1. The third-order valence-corrected chi connectivity index (χ3v) is 6.41. The lowest BCUT2D eigenvalue weighted by molar-refractivity contribution is -0.0465. The van der Waals surface area contributed by atoms with Gasteiger partial charge in [0.15, 0.2) is 0 Å². The zero-order chi connectivity index (χ0) is 21.8. The number of aromatic nitrogens is 3. The summed E-state index contributed by atoms with van der Waals surface area (Å²) in [6.07, 6.45) is 1.03. The Bertz CT molecular complexity index is 1280. The maximum absolute atomic E-state index is 15.8. The standard InChI is InChI=1S/C23H24FN5O2/c24-23(8-5-13-1-2-14-3-4-19(26)28-17(14)11-13)12-18(20(30)21(23)31)29-10-7-15-16(25)6-9-27-22(15)29/h1-4,6-7,9-11,18,20-21,30-31H,5,8,12H2,(H2,25,27)(H2,26,28)/t18-,20+,21+,23-/m1/s1. The summed E-state index contributed by atoms with van der Waals surface area (Å²) in [5.74, 6) is 0.428. The highest BCUT2D eigenvalue weighted by Crippen LogP contribution is 2.45. The quantitative estimate of drug-likeness (QED) is 0.402. The SMILES string of the molecule is Nc1ccc2ccc(CC[C@@]3(F)C[C@@H](n4ccc5c(N)ccnc54)[C@H](O)[C@@H]3O)cc2n1. The van der Waals surface area contributed by atoms with E-state index in [1.54, 1.807) is 35.2 Å². The van der Waals surface area contributed by atoms with Crippen LogP contribution in [-0.2, 0) is 6.42 Å². The fourth-order valence-electron chi connectivity index (χ4n) is 4.65. The van der Waals surface area contributed by atoms with Crippen LogP contribution in [0.1, 0.15) is 24.4 Å². The van der Waals surface area contributed by atoms with Crippen molar-refractivity contribution in [2.24, 2.45) is 0 Å². The Kier molecular flexibility index (Phi) is 4.56. The molecule has 8 heteroatoms. The highest BCUT2D eigenvalue weighted by atomic mass is 19.1. The smallest absolute Gasteiger partial charge is 0.142 e. The molecular formula is C23H24FN5O2. The van der Waals surface area contributed by atoms with Crippen LogP contribution in [0.5, 0.6) is 0 Å². The first-order valence-corrected chi connectivity index (χ1v) is 10.3. The van der Waals surface area contributed by atoms with Crippen LogP contribution in [0.25, 0.3) is 21.9 Å². The molecule has 31 heavy (non-hydrogen) atoms. The average Bonchev–Trinajstić information content (AvgIpc) is 3.28. The van der Waals surface area contributed by atoms with Crippen LogP contribution in [-0.4, -0.2) is 42.6 Å². The molecule has 1 aromatic carbocycles. The number of nitrogen functional groups attached to an aromatic ring is 2. The minimum atomic E-state index is -1.93. The molecule has 1 aliphatic carbocycles. The van der Waals surface area contributed by atoms with Crippen molar-refractivity contribution in [3.63, 3.8) is 0 Å². The van der Waals surface area contributed by atoms with Crippen LogP contribution in [0.2, 0.25) is 0 Å². The van der Waals surface area contributed by atoms with Crippen LogP contribution in [0.3, 0.4) is 0 Å². The van der Waals surface area contributed by atoms with Crippen molar-refractivity contribution in [3.8, 4) is 0 Å². The first kappa shape index (κ1) is 19.7. The number of aryl methyl sites for hydroxylation is 1. The van der Waals surface area contributed by atoms with E-state index in [0.29, 0.717) is 23.6 Å². The Morgan fingerprint density at radius 2 is 1.94 bits per heavy atom. The molecule has 1 saturated carbocycles. The largest absolute Gasteiger partial charge is 0.398 e. The highest BCUT2D eigenvalue weighted by Gasteiger charge is 2.53. The van der Waals surface area contributed by atoms with Gasteiger partial charge in [-0.2, -0.15) is 0 Å². The summed E-state index contributed by atoms with van der Waals surface area (Å²) in [6.45, 7) is 0. The number of aliphatic hydroxyl groups is 2. The Morgan fingerprint density at radius 1 is 1.13 bits per heavy atom. The molecule has 1 fully saturated rings. The second kappa shape index (κ2) is 7.18. The summed E-state index contributed by atoms with van der Waals surface area (Å²) in [5.41, 5.74) is 12.6. The number of rotatable bonds is 4. The lowest BCUT2D eigenvalue weighted by Crippen LogP contribution is -2.39. The van der Waals surface area contributed by atoms with Crippen LogP contribution in [0, 0.1) is 0 Å². The van der Waals surface area contributed by atoms with E-state index in [4.69, 9.17) is 11.5 Å². The number of nitrogens with zero attached hydrogens (tertiary/aromatic N) is 3. The monoisotopic (exact) mass is 421 g/mol. The molecule has 4 aromatic rings. The molecule has 1 aliphatic rings. The molecule has 0 saturated heterocycles. The topological polar surface area (TPSA) is 123 Å². The van der Waals surface area contributed by atoms with Gasteiger partial charge < -0.3 is 26.2 Å². The van der Waals surface area contributed by atoms with Crippen molar-refractivity contribution >= 4 is 33.4 Å². The number of pyridine rings is 2. The molecule has 160 valence electrons. The minimum absolute atomic E-state index is 0.0195. The molecule has 0 amide bonds. The minimum Gasteiger partial charge on any atom is -0.398 e. The molecule has 0 radical (unpaired) electrons. The zero-order valence-electron chi connectivity index (χ0n) is 16.8. The Labute approximate surface area is 178 Å². The molecule has 7 nitrogen and oxygen atoms in total. The van der Waals surface area contributed by atoms with E-state index in [9.17, 15) is 10.2 Å². The van der Waals surface area contributed by atoms with Gasteiger partial charge in [0.05, 0.1) is 11.6 Å². The lowest BCUT2D eigenvalue weighted by Gasteiger charge is -2.24. The molecule has 4 atom stereocenters. The molecule has 3 heterocycles. The lowest BCUT2D eigenvalue weighted by atomic mass is 9.92. The number of hydrogen-bond donors (Lipinski definition) is 4. The van der Waals surface area contributed by atoms with Crippen molar-refractivity contribution in [3.05, 3.63) is 60.4 Å². The van der Waals surface area contributed by atoms with Gasteiger partial charge in [-0.25, -0.2) is 14.4 Å². The molecule has 0 bridgehead atoms. The van der Waals surface area contributed by atoms with Crippen LogP contribution >= 0.6 is 0 Å². The van der Waals surface area contributed by atoms with Gasteiger partial charge >= 0.3 is 0 Å². The first-order valence-electron chi connectivity index (χ1n) is 10.3. The van der Waals surface area contributed by atoms with E-state index in [-0.39, 0.29) is 12.8 Å². The fraction of sp³-hybridized carbons (Fsp3) is 0.304. The van der Waals surface area contributed by atoms with Crippen LogP contribution in [0.15, 0.2) is 54.9 Å². The predicted molar refractivity (Wildman–Crippen MR) is 118 cm³/mol. The Balaban J connectivity index is 1.39. The number of hydrogen-bond acceptors (Lipinski definition) is 6. The molecular weight excluding hydrogens is 397 g/mol. The van der Waals surface area contributed by atoms with E-state index >= 15 is 4.39 Å². The predicted octanol–water partition coefficient (Wildman–Crippen LogP) is 2.76. The van der Waals surface area contributed by atoms with E-state index < -0.39 is 23.9 Å². The summed E-state index contributed by atoms with van der Waals surface area (Å²) >= 11 is 0. The van der Waals surface area contributed by atoms with Gasteiger partial charge in [-0.05, 0) is 48.7 Å². The number of anilines is 2. The maximum atomic E-state index is 15.8. The number of aliphatic hydroxyl groups excluding tert-OH is 2. The maximum Gasteiger partial charge on any atom is 0.142 e. The first-order chi connectivity index (χ1) is 14.9. The number of fused-ring (bicyclic) bond motifs is 2. The van der Waals surface area contributed by atoms with Gasteiger partial charge in [0.1, 0.15) is 29.3 Å². The average molecular weight is 421 g/mol. The van der Waals surface area contributed by atoms with E-state index in [0.717, 1.165) is 21.9 Å². The normalized spacial score (nSPS) is 26.1. The fourth-order valence-corrected chi connectivity index (χ4v) is 4.65. The Hall–Kier alpha value is -3.23. The van der Waals surface area contributed by atoms with E-state index in [2.05, 4.69) is 9.97 Å². The van der Waals surface area contributed by atoms with Crippen molar-refractivity contribution in [2.45, 2.75) is 43.2 Å². The molecule has 0 aliphatic heterocycles. The number of benzene rings is 1. The van der Waals surface area contributed by atoms with Gasteiger partial charge in [-0.3, -0.25) is 0 Å². The van der Waals surface area contributed by atoms with Crippen molar-refractivity contribution in [1.29, 1.82) is 0 Å². The molecule has 6 N–H and O–H groups in total. The van der Waals surface area contributed by atoms with Gasteiger partial charge in [-0.1, -0.05) is 12.1 Å². The molecule has 3 aromatic heterocycles. The third kappa shape index (κ3) is 3.28. The summed E-state index contributed by atoms with van der Waals surface area (Å²) in [7, 11) is 0. The second-order valence-corrected chi connectivity index (χ2v) is 8.37. The van der Waals surface area contributed by atoms with Crippen molar-refractivity contribution in [2.75, 3.05) is 11.5 Å². The van der Waals surface area contributed by atoms with Gasteiger partial charge in [0.25, 0.3) is 0 Å². The summed E-state index contributed by atoms with van der Waals surface area (Å²) < 4.78 is 17.5.